The monoisotopic (exact) mass is 267 g/mol. The molecule has 98 valence electrons. The SMILES string of the molecule is NC(Cc1ccc(F)cc1Cl)C(C1CC1)C1CC1. The fourth-order valence-electron chi connectivity index (χ4n) is 3.12. The number of hydrogen-bond donors (Lipinski definition) is 1. The van der Waals surface area contributed by atoms with Crippen LogP contribution in [0.5, 0.6) is 0 Å². The van der Waals surface area contributed by atoms with Gasteiger partial charge < -0.3 is 5.73 Å². The van der Waals surface area contributed by atoms with Crippen molar-refractivity contribution in [1.82, 2.24) is 0 Å². The summed E-state index contributed by atoms with van der Waals surface area (Å²) in [4.78, 5) is 0. The Kier molecular flexibility index (Phi) is 3.33. The van der Waals surface area contributed by atoms with Crippen LogP contribution in [-0.2, 0) is 6.42 Å². The van der Waals surface area contributed by atoms with Crippen molar-refractivity contribution in [3.05, 3.63) is 34.6 Å². The maximum atomic E-state index is 13.0. The molecular formula is C15H19ClFN. The minimum absolute atomic E-state index is 0.174. The van der Waals surface area contributed by atoms with Crippen molar-refractivity contribution in [2.45, 2.75) is 38.1 Å². The largest absolute Gasteiger partial charge is 0.327 e. The molecule has 18 heavy (non-hydrogen) atoms. The average molecular weight is 268 g/mol. The molecule has 1 nitrogen and oxygen atoms in total. The molecule has 0 bridgehead atoms. The Hall–Kier alpha value is -0.600. The number of halogens is 2. The lowest BCUT2D eigenvalue weighted by atomic mass is 9.86. The second kappa shape index (κ2) is 4.82. The number of rotatable bonds is 5. The molecule has 1 aromatic carbocycles. The summed E-state index contributed by atoms with van der Waals surface area (Å²) >= 11 is 6.07. The molecule has 0 aliphatic heterocycles. The fourth-order valence-corrected chi connectivity index (χ4v) is 3.37. The zero-order chi connectivity index (χ0) is 12.7. The summed E-state index contributed by atoms with van der Waals surface area (Å²) in [7, 11) is 0. The Morgan fingerprint density at radius 1 is 1.22 bits per heavy atom. The van der Waals surface area contributed by atoms with Crippen LogP contribution in [-0.4, -0.2) is 6.04 Å². The molecule has 2 fully saturated rings. The van der Waals surface area contributed by atoms with Crippen LogP contribution in [0.2, 0.25) is 5.02 Å². The van der Waals surface area contributed by atoms with E-state index in [4.69, 9.17) is 17.3 Å². The third-order valence-corrected chi connectivity index (χ3v) is 4.65. The van der Waals surface area contributed by atoms with Crippen molar-refractivity contribution in [3.8, 4) is 0 Å². The van der Waals surface area contributed by atoms with Crippen LogP contribution in [0.15, 0.2) is 18.2 Å². The molecule has 0 heterocycles. The van der Waals surface area contributed by atoms with Crippen LogP contribution >= 0.6 is 11.6 Å². The van der Waals surface area contributed by atoms with E-state index >= 15 is 0 Å². The van der Waals surface area contributed by atoms with Crippen molar-refractivity contribution in [3.63, 3.8) is 0 Å². The Morgan fingerprint density at radius 3 is 2.33 bits per heavy atom. The zero-order valence-corrected chi connectivity index (χ0v) is 11.2. The van der Waals surface area contributed by atoms with E-state index < -0.39 is 0 Å². The van der Waals surface area contributed by atoms with Gasteiger partial charge in [0.1, 0.15) is 5.82 Å². The van der Waals surface area contributed by atoms with Gasteiger partial charge in [-0.05, 0) is 67.6 Å². The van der Waals surface area contributed by atoms with Crippen LogP contribution < -0.4 is 5.73 Å². The normalized spacial score (nSPS) is 21.3. The molecule has 0 radical (unpaired) electrons. The summed E-state index contributed by atoms with van der Waals surface area (Å²) in [6.07, 6.45) is 6.13. The Bertz CT molecular complexity index is 428. The van der Waals surface area contributed by atoms with Gasteiger partial charge in [-0.25, -0.2) is 4.39 Å². The Morgan fingerprint density at radius 2 is 1.83 bits per heavy atom. The van der Waals surface area contributed by atoms with Crippen molar-refractivity contribution < 1.29 is 4.39 Å². The highest BCUT2D eigenvalue weighted by Crippen LogP contribution is 2.50. The van der Waals surface area contributed by atoms with Crippen molar-refractivity contribution in [2.24, 2.45) is 23.5 Å². The van der Waals surface area contributed by atoms with Gasteiger partial charge >= 0.3 is 0 Å². The van der Waals surface area contributed by atoms with Gasteiger partial charge in [0.15, 0.2) is 0 Å². The highest BCUT2D eigenvalue weighted by atomic mass is 35.5. The van der Waals surface area contributed by atoms with E-state index in [0.717, 1.165) is 23.8 Å². The number of hydrogen-bond acceptors (Lipinski definition) is 1. The topological polar surface area (TPSA) is 26.0 Å². The summed E-state index contributed by atoms with van der Waals surface area (Å²) < 4.78 is 13.0. The molecule has 2 saturated carbocycles. The third kappa shape index (κ3) is 2.70. The van der Waals surface area contributed by atoms with Gasteiger partial charge in [-0.2, -0.15) is 0 Å². The second-order valence-electron chi connectivity index (χ2n) is 5.86. The first-order valence-electron chi connectivity index (χ1n) is 6.84. The molecule has 2 N–H and O–H groups in total. The Labute approximate surface area is 113 Å². The third-order valence-electron chi connectivity index (χ3n) is 4.30. The second-order valence-corrected chi connectivity index (χ2v) is 6.26. The molecule has 0 aromatic heterocycles. The standard InChI is InChI=1S/C15H19ClFN/c16-13-8-12(17)6-5-11(13)7-14(18)15(9-1-2-9)10-3-4-10/h5-6,8-10,14-15H,1-4,7,18H2. The van der Waals surface area contributed by atoms with E-state index in [1.54, 1.807) is 6.07 Å². The minimum atomic E-state index is -0.279. The molecular weight excluding hydrogens is 249 g/mol. The van der Waals surface area contributed by atoms with Crippen LogP contribution in [0.3, 0.4) is 0 Å². The molecule has 3 heteroatoms. The number of benzene rings is 1. The lowest BCUT2D eigenvalue weighted by Crippen LogP contribution is -2.35. The summed E-state index contributed by atoms with van der Waals surface area (Å²) in [5.74, 6) is 2.06. The lowest BCUT2D eigenvalue weighted by molar-refractivity contribution is 0.328. The molecule has 1 aromatic rings. The first-order valence-corrected chi connectivity index (χ1v) is 7.22. The van der Waals surface area contributed by atoms with Gasteiger partial charge in [-0.15, -0.1) is 0 Å². The van der Waals surface area contributed by atoms with Gasteiger partial charge in [-0.3, -0.25) is 0 Å². The molecule has 1 unspecified atom stereocenters. The zero-order valence-electron chi connectivity index (χ0n) is 10.4. The van der Waals surface area contributed by atoms with Gasteiger partial charge in [-0.1, -0.05) is 17.7 Å². The molecule has 1 atom stereocenters. The van der Waals surface area contributed by atoms with E-state index in [-0.39, 0.29) is 11.9 Å². The number of nitrogens with two attached hydrogens (primary N) is 1. The van der Waals surface area contributed by atoms with Crippen LogP contribution in [0.4, 0.5) is 4.39 Å². The molecule has 3 rings (SSSR count). The van der Waals surface area contributed by atoms with Crippen molar-refractivity contribution >= 4 is 11.6 Å². The van der Waals surface area contributed by atoms with E-state index in [2.05, 4.69) is 0 Å². The summed E-state index contributed by atoms with van der Waals surface area (Å²) in [5.41, 5.74) is 7.37. The first-order chi connectivity index (χ1) is 8.65. The maximum absolute atomic E-state index is 13.0. The van der Waals surface area contributed by atoms with E-state index in [1.165, 1.54) is 37.8 Å². The predicted octanol–water partition coefficient (Wildman–Crippen LogP) is 3.79. The average Bonchev–Trinajstić information content (AvgIpc) is 3.16. The quantitative estimate of drug-likeness (QED) is 0.863. The highest BCUT2D eigenvalue weighted by Gasteiger charge is 2.44. The lowest BCUT2D eigenvalue weighted by Gasteiger charge is -2.24. The molecule has 0 amide bonds. The van der Waals surface area contributed by atoms with Gasteiger partial charge in [0.05, 0.1) is 0 Å². The van der Waals surface area contributed by atoms with Crippen molar-refractivity contribution in [2.75, 3.05) is 0 Å². The van der Waals surface area contributed by atoms with Gasteiger partial charge in [0.25, 0.3) is 0 Å². The van der Waals surface area contributed by atoms with Crippen LogP contribution in [0.1, 0.15) is 31.2 Å². The summed E-state index contributed by atoms with van der Waals surface area (Å²) in [5, 5.41) is 0.510. The first kappa shape index (κ1) is 12.4. The molecule has 0 saturated heterocycles. The fraction of sp³-hybridized carbons (Fsp3) is 0.600. The predicted molar refractivity (Wildman–Crippen MR) is 72.0 cm³/mol. The highest BCUT2D eigenvalue weighted by molar-refractivity contribution is 6.31. The van der Waals surface area contributed by atoms with Crippen molar-refractivity contribution in [1.29, 1.82) is 0 Å². The molecule has 2 aliphatic carbocycles. The van der Waals surface area contributed by atoms with E-state index in [0.29, 0.717) is 10.9 Å². The maximum Gasteiger partial charge on any atom is 0.124 e. The van der Waals surface area contributed by atoms with E-state index in [9.17, 15) is 4.39 Å². The smallest absolute Gasteiger partial charge is 0.124 e. The molecule has 2 aliphatic rings. The van der Waals surface area contributed by atoms with E-state index in [1.807, 2.05) is 0 Å². The van der Waals surface area contributed by atoms with Crippen LogP contribution in [0, 0.1) is 23.6 Å². The van der Waals surface area contributed by atoms with Gasteiger partial charge in [0, 0.05) is 11.1 Å². The summed E-state index contributed by atoms with van der Waals surface area (Å²) in [6, 6.07) is 4.80. The van der Waals surface area contributed by atoms with Gasteiger partial charge in [0.2, 0.25) is 0 Å². The summed E-state index contributed by atoms with van der Waals surface area (Å²) in [6.45, 7) is 0. The molecule has 0 spiro atoms. The van der Waals surface area contributed by atoms with Crippen LogP contribution in [0.25, 0.3) is 0 Å². The minimum Gasteiger partial charge on any atom is -0.327 e. The Balaban J connectivity index is 1.70.